The Balaban J connectivity index is 1.75. The van der Waals surface area contributed by atoms with Gasteiger partial charge in [0.25, 0.3) is 0 Å². The predicted molar refractivity (Wildman–Crippen MR) is 74.9 cm³/mol. The van der Waals surface area contributed by atoms with Gasteiger partial charge < -0.3 is 0 Å². The molecular formula is C15H13NOS. The highest BCUT2D eigenvalue weighted by Gasteiger charge is 2.13. The minimum Gasteiger partial charge on any atom is -0.248 e. The summed E-state index contributed by atoms with van der Waals surface area (Å²) in [6, 6.07) is 16.4. The van der Waals surface area contributed by atoms with E-state index in [2.05, 4.69) is 35.3 Å². The average Bonchev–Trinajstić information content (AvgIpc) is 2.79. The molecule has 18 heavy (non-hydrogen) atoms. The first-order chi connectivity index (χ1) is 8.83. The smallest absolute Gasteiger partial charge is 0.0984 e. The van der Waals surface area contributed by atoms with Crippen LogP contribution in [0.3, 0.4) is 0 Å². The fourth-order valence-electron chi connectivity index (χ4n) is 2.08. The zero-order chi connectivity index (χ0) is 12.4. The molecule has 1 aliphatic rings. The molecule has 90 valence electrons. The van der Waals surface area contributed by atoms with Crippen molar-refractivity contribution < 1.29 is 4.21 Å². The summed E-state index contributed by atoms with van der Waals surface area (Å²) in [5.41, 5.74) is 4.90. The molecule has 3 heteroatoms. The fraction of sp³-hybridized carbons (Fsp3) is 0.133. The van der Waals surface area contributed by atoms with E-state index in [4.69, 9.17) is 0 Å². The first-order valence-electron chi connectivity index (χ1n) is 5.94. The van der Waals surface area contributed by atoms with Crippen LogP contribution in [-0.4, -0.2) is 9.76 Å². The van der Waals surface area contributed by atoms with E-state index in [1.807, 2.05) is 18.2 Å². The number of aliphatic imine (C=N–C) groups is 1. The Morgan fingerprint density at radius 2 is 1.72 bits per heavy atom. The second-order valence-electron chi connectivity index (χ2n) is 4.32. The molecule has 2 nitrogen and oxygen atoms in total. The SMILES string of the molecule is O=S1C=Nc2ccc(CCc3ccccc3)cc21. The number of aryl methyl sites for hydroxylation is 2. The summed E-state index contributed by atoms with van der Waals surface area (Å²) < 4.78 is 11.7. The quantitative estimate of drug-likeness (QED) is 0.827. The van der Waals surface area contributed by atoms with Crippen molar-refractivity contribution in [1.29, 1.82) is 0 Å². The lowest BCUT2D eigenvalue weighted by molar-refractivity contribution is 0.691. The van der Waals surface area contributed by atoms with Crippen LogP contribution in [0, 0.1) is 0 Å². The van der Waals surface area contributed by atoms with Crippen LogP contribution in [0.1, 0.15) is 11.1 Å². The van der Waals surface area contributed by atoms with Crippen LogP contribution < -0.4 is 0 Å². The van der Waals surface area contributed by atoms with Gasteiger partial charge in [0.2, 0.25) is 0 Å². The number of fused-ring (bicyclic) bond motifs is 1. The number of rotatable bonds is 3. The topological polar surface area (TPSA) is 29.4 Å². The van der Waals surface area contributed by atoms with Gasteiger partial charge in [-0.3, -0.25) is 0 Å². The monoisotopic (exact) mass is 255 g/mol. The molecule has 0 N–H and O–H groups in total. The summed E-state index contributed by atoms with van der Waals surface area (Å²) >= 11 is 0. The van der Waals surface area contributed by atoms with Gasteiger partial charge in [-0.2, -0.15) is 0 Å². The third-order valence-corrected chi connectivity index (χ3v) is 4.13. The molecule has 0 saturated carbocycles. The molecule has 3 rings (SSSR count). The highest BCUT2D eigenvalue weighted by Crippen LogP contribution is 2.28. The Morgan fingerprint density at radius 1 is 0.944 bits per heavy atom. The lowest BCUT2D eigenvalue weighted by atomic mass is 10.0. The average molecular weight is 255 g/mol. The summed E-state index contributed by atoms with van der Waals surface area (Å²) in [6.45, 7) is 0. The molecule has 0 radical (unpaired) electrons. The molecule has 1 heterocycles. The van der Waals surface area contributed by atoms with Crippen molar-refractivity contribution in [3.05, 3.63) is 59.7 Å². The lowest BCUT2D eigenvalue weighted by Gasteiger charge is -2.04. The van der Waals surface area contributed by atoms with Crippen LogP contribution in [0.15, 0.2) is 58.4 Å². The van der Waals surface area contributed by atoms with E-state index in [0.29, 0.717) is 0 Å². The van der Waals surface area contributed by atoms with Crippen LogP contribution in [0.25, 0.3) is 0 Å². The largest absolute Gasteiger partial charge is 0.248 e. The molecule has 1 aliphatic heterocycles. The number of hydrogen-bond donors (Lipinski definition) is 0. The van der Waals surface area contributed by atoms with Crippen LogP contribution in [0.2, 0.25) is 0 Å². The third-order valence-electron chi connectivity index (χ3n) is 3.07. The van der Waals surface area contributed by atoms with Crippen molar-refractivity contribution in [3.63, 3.8) is 0 Å². The zero-order valence-corrected chi connectivity index (χ0v) is 10.7. The molecule has 2 aromatic rings. The third kappa shape index (κ3) is 2.27. The van der Waals surface area contributed by atoms with Gasteiger partial charge in [0.1, 0.15) is 0 Å². The van der Waals surface area contributed by atoms with E-state index in [9.17, 15) is 4.21 Å². The normalized spacial score (nSPS) is 16.8. The first-order valence-corrected chi connectivity index (χ1v) is 7.16. The van der Waals surface area contributed by atoms with Crippen molar-refractivity contribution in [2.45, 2.75) is 17.7 Å². The van der Waals surface area contributed by atoms with Gasteiger partial charge in [-0.25, -0.2) is 9.20 Å². The number of nitrogens with zero attached hydrogens (tertiary/aromatic N) is 1. The Labute approximate surface area is 109 Å². The molecule has 0 aliphatic carbocycles. The van der Waals surface area contributed by atoms with Gasteiger partial charge in [-0.15, -0.1) is 0 Å². The van der Waals surface area contributed by atoms with Gasteiger partial charge in [-0.05, 0) is 36.1 Å². The van der Waals surface area contributed by atoms with E-state index >= 15 is 0 Å². The van der Waals surface area contributed by atoms with Gasteiger partial charge >= 0.3 is 0 Å². The van der Waals surface area contributed by atoms with Crippen LogP contribution >= 0.6 is 0 Å². The highest BCUT2D eigenvalue weighted by atomic mass is 32.2. The zero-order valence-electron chi connectivity index (χ0n) is 9.87. The Kier molecular flexibility index (Phi) is 3.07. The summed E-state index contributed by atoms with van der Waals surface area (Å²) in [7, 11) is -1.05. The molecule has 1 unspecified atom stereocenters. The Hall–Kier alpha value is -1.74. The molecule has 0 bridgehead atoms. The summed E-state index contributed by atoms with van der Waals surface area (Å²) in [5, 5.41) is 0. The van der Waals surface area contributed by atoms with Crippen molar-refractivity contribution in [2.75, 3.05) is 0 Å². The van der Waals surface area contributed by atoms with Gasteiger partial charge in [0, 0.05) is 0 Å². The van der Waals surface area contributed by atoms with Crippen molar-refractivity contribution >= 4 is 22.0 Å². The van der Waals surface area contributed by atoms with Crippen molar-refractivity contribution in [1.82, 2.24) is 0 Å². The maximum absolute atomic E-state index is 11.7. The molecule has 0 aromatic heterocycles. The standard InChI is InChI=1S/C15H13NOS/c17-18-11-16-14-9-8-13(10-15(14)18)7-6-12-4-2-1-3-5-12/h1-5,8-11H,6-7H2. The van der Waals surface area contributed by atoms with Crippen LogP contribution in [0.4, 0.5) is 5.69 Å². The van der Waals surface area contributed by atoms with E-state index in [0.717, 1.165) is 23.4 Å². The fourth-order valence-corrected chi connectivity index (χ4v) is 2.99. The van der Waals surface area contributed by atoms with Gasteiger partial charge in [0.05, 0.1) is 26.9 Å². The number of hydrogen-bond acceptors (Lipinski definition) is 2. The van der Waals surface area contributed by atoms with Crippen LogP contribution in [0.5, 0.6) is 0 Å². The maximum atomic E-state index is 11.7. The van der Waals surface area contributed by atoms with E-state index in [1.165, 1.54) is 16.7 Å². The summed E-state index contributed by atoms with van der Waals surface area (Å²) in [6.07, 6.45) is 1.97. The second-order valence-corrected chi connectivity index (χ2v) is 5.57. The first kappa shape index (κ1) is 11.4. The van der Waals surface area contributed by atoms with E-state index in [-0.39, 0.29) is 0 Å². The minimum atomic E-state index is -1.05. The van der Waals surface area contributed by atoms with Crippen molar-refractivity contribution in [3.8, 4) is 0 Å². The summed E-state index contributed by atoms with van der Waals surface area (Å²) in [4.78, 5) is 4.96. The highest BCUT2D eigenvalue weighted by molar-refractivity contribution is 7.99. The predicted octanol–water partition coefficient (Wildman–Crippen LogP) is 3.25. The number of benzene rings is 2. The maximum Gasteiger partial charge on any atom is 0.0984 e. The van der Waals surface area contributed by atoms with Crippen molar-refractivity contribution in [2.24, 2.45) is 4.99 Å². The van der Waals surface area contributed by atoms with Crippen LogP contribution in [-0.2, 0) is 23.6 Å². The molecule has 2 aromatic carbocycles. The minimum absolute atomic E-state index is 0.844. The van der Waals surface area contributed by atoms with Gasteiger partial charge in [0.15, 0.2) is 0 Å². The molecule has 0 amide bonds. The Morgan fingerprint density at radius 3 is 2.56 bits per heavy atom. The lowest BCUT2D eigenvalue weighted by Crippen LogP contribution is -1.93. The van der Waals surface area contributed by atoms with E-state index in [1.54, 1.807) is 0 Å². The molecule has 0 fully saturated rings. The molecule has 0 saturated heterocycles. The Bertz CT molecular complexity index is 620. The second kappa shape index (κ2) is 4.86. The molecule has 0 spiro atoms. The molecular weight excluding hydrogens is 242 g/mol. The summed E-state index contributed by atoms with van der Waals surface area (Å²) in [5.74, 6) is 0. The van der Waals surface area contributed by atoms with E-state index < -0.39 is 10.8 Å². The van der Waals surface area contributed by atoms with Gasteiger partial charge in [-0.1, -0.05) is 36.4 Å². The molecule has 1 atom stereocenters.